The lowest BCUT2D eigenvalue weighted by atomic mass is 10.2. The summed E-state index contributed by atoms with van der Waals surface area (Å²) < 4.78 is 13.0. The zero-order chi connectivity index (χ0) is 8.55. The Labute approximate surface area is 68.2 Å². The number of rotatable bonds is 1. The highest BCUT2D eigenvalue weighted by Gasteiger charge is 2.04. The van der Waals surface area contributed by atoms with E-state index in [4.69, 9.17) is 0 Å². The predicted molar refractivity (Wildman–Crippen MR) is 43.8 cm³/mol. The average molecular weight is 163 g/mol. The number of aromatic nitrogens is 1. The van der Waals surface area contributed by atoms with Gasteiger partial charge in [-0.1, -0.05) is 16.6 Å². The number of benzene rings is 1. The minimum atomic E-state index is 0.340. The third kappa shape index (κ3) is 0.830. The Morgan fingerprint density at radius 1 is 1.33 bits per heavy atom. The second-order valence-electron chi connectivity index (χ2n) is 2.53. The molecule has 2 nitrogen and oxygen atoms in total. The van der Waals surface area contributed by atoms with E-state index in [0.29, 0.717) is 22.2 Å². The van der Waals surface area contributed by atoms with Crippen molar-refractivity contribution in [2.24, 2.45) is 0 Å². The van der Waals surface area contributed by atoms with Gasteiger partial charge in [0.25, 0.3) is 0 Å². The SMILES string of the molecule is O=Cc1cccc2ccn(F)c12. The van der Waals surface area contributed by atoms with Gasteiger partial charge in [-0.2, -0.15) is 4.79 Å². The Morgan fingerprint density at radius 2 is 2.17 bits per heavy atom. The molecule has 0 atom stereocenters. The van der Waals surface area contributed by atoms with Crippen molar-refractivity contribution < 1.29 is 9.28 Å². The first kappa shape index (κ1) is 7.03. The number of hydrogen-bond donors (Lipinski definition) is 0. The van der Waals surface area contributed by atoms with Crippen LogP contribution < -0.4 is 0 Å². The third-order valence-corrected chi connectivity index (χ3v) is 1.82. The molecule has 3 heteroatoms. The molecule has 1 aromatic heterocycles. The summed E-state index contributed by atoms with van der Waals surface area (Å²) in [4.78, 5) is 10.9. The molecule has 60 valence electrons. The van der Waals surface area contributed by atoms with Crippen LogP contribution in [0.25, 0.3) is 10.9 Å². The molecule has 12 heavy (non-hydrogen) atoms. The second kappa shape index (κ2) is 2.44. The number of carbonyl (C=O) groups is 1. The fourth-order valence-corrected chi connectivity index (χ4v) is 1.28. The van der Waals surface area contributed by atoms with E-state index >= 15 is 0 Å². The molecule has 0 amide bonds. The average Bonchev–Trinajstić information content (AvgIpc) is 2.48. The Bertz CT molecular complexity index is 433. The van der Waals surface area contributed by atoms with Crippen LogP contribution in [0.15, 0.2) is 30.5 Å². The zero-order valence-corrected chi connectivity index (χ0v) is 6.20. The van der Waals surface area contributed by atoms with Gasteiger partial charge >= 0.3 is 0 Å². The first-order valence-electron chi connectivity index (χ1n) is 3.54. The molecule has 0 saturated carbocycles. The van der Waals surface area contributed by atoms with Gasteiger partial charge in [0.2, 0.25) is 0 Å². The Balaban J connectivity index is 2.93. The standard InChI is InChI=1S/C9H6FNO/c10-11-5-4-7-2-1-3-8(6-12)9(7)11/h1-6H. The van der Waals surface area contributed by atoms with E-state index < -0.39 is 0 Å². The molecule has 1 aromatic carbocycles. The van der Waals surface area contributed by atoms with Gasteiger partial charge in [0, 0.05) is 17.1 Å². The minimum absolute atomic E-state index is 0.340. The Kier molecular flexibility index (Phi) is 1.43. The lowest BCUT2D eigenvalue weighted by Gasteiger charge is -1.94. The topological polar surface area (TPSA) is 22.0 Å². The summed E-state index contributed by atoms with van der Waals surface area (Å²) in [6.45, 7) is 0. The van der Waals surface area contributed by atoms with Crippen LogP contribution in [0, 0.1) is 0 Å². The minimum Gasteiger partial charge on any atom is -0.298 e. The van der Waals surface area contributed by atoms with Crippen LogP contribution in [0.3, 0.4) is 0 Å². The van der Waals surface area contributed by atoms with Gasteiger partial charge in [-0.3, -0.25) is 4.79 Å². The third-order valence-electron chi connectivity index (χ3n) is 1.82. The maximum Gasteiger partial charge on any atom is 0.152 e. The van der Waals surface area contributed by atoms with E-state index in [1.807, 2.05) is 0 Å². The monoisotopic (exact) mass is 163 g/mol. The van der Waals surface area contributed by atoms with Gasteiger partial charge in [0.05, 0.1) is 5.52 Å². The molecule has 0 bridgehead atoms. The second-order valence-corrected chi connectivity index (χ2v) is 2.53. The number of carbonyl (C=O) groups excluding carboxylic acids is 1. The van der Waals surface area contributed by atoms with Gasteiger partial charge in [0.15, 0.2) is 6.29 Å². The Hall–Kier alpha value is -1.64. The van der Waals surface area contributed by atoms with Crippen LogP contribution in [0.5, 0.6) is 0 Å². The van der Waals surface area contributed by atoms with Gasteiger partial charge in [-0.15, -0.1) is 0 Å². The Morgan fingerprint density at radius 3 is 2.92 bits per heavy atom. The molecule has 0 spiro atoms. The quantitative estimate of drug-likeness (QED) is 0.590. The number of halogens is 1. The number of nitrogens with zero attached hydrogens (tertiary/aromatic N) is 1. The van der Waals surface area contributed by atoms with Crippen LogP contribution in [-0.4, -0.2) is 11.1 Å². The summed E-state index contributed by atoms with van der Waals surface area (Å²) >= 11 is 0. The largest absolute Gasteiger partial charge is 0.298 e. The van der Waals surface area contributed by atoms with Gasteiger partial charge in [-0.25, -0.2) is 0 Å². The van der Waals surface area contributed by atoms with Crippen LogP contribution >= 0.6 is 0 Å². The molecule has 1 heterocycles. The summed E-state index contributed by atoms with van der Waals surface area (Å²) in [6.07, 6.45) is 1.94. The summed E-state index contributed by atoms with van der Waals surface area (Å²) in [7, 11) is 0. The first-order chi connectivity index (χ1) is 5.83. The van der Waals surface area contributed by atoms with Gasteiger partial charge in [-0.05, 0) is 12.1 Å². The molecule has 0 radical (unpaired) electrons. The zero-order valence-electron chi connectivity index (χ0n) is 6.20. The molecular formula is C9H6FNO. The van der Waals surface area contributed by atoms with E-state index in [-0.39, 0.29) is 0 Å². The van der Waals surface area contributed by atoms with E-state index in [1.54, 1.807) is 24.3 Å². The molecule has 0 aliphatic rings. The molecule has 2 aromatic rings. The maximum absolute atomic E-state index is 13.0. The molecule has 0 aliphatic heterocycles. The van der Waals surface area contributed by atoms with Gasteiger partial charge in [0.1, 0.15) is 0 Å². The van der Waals surface area contributed by atoms with Crippen molar-refractivity contribution in [3.05, 3.63) is 36.0 Å². The fraction of sp³-hybridized carbons (Fsp3) is 0. The summed E-state index contributed by atoms with van der Waals surface area (Å²) in [5, 5.41) is 0.738. The van der Waals surface area contributed by atoms with Crippen LogP contribution in [0.2, 0.25) is 0 Å². The molecule has 0 N–H and O–H groups in total. The van der Waals surface area contributed by atoms with Crippen molar-refractivity contribution in [1.82, 2.24) is 4.79 Å². The fourth-order valence-electron chi connectivity index (χ4n) is 1.28. The van der Waals surface area contributed by atoms with Crippen molar-refractivity contribution in [2.45, 2.75) is 0 Å². The van der Waals surface area contributed by atoms with Crippen molar-refractivity contribution in [3.63, 3.8) is 0 Å². The summed E-state index contributed by atoms with van der Waals surface area (Å²) in [5.74, 6) is 0. The highest BCUT2D eigenvalue weighted by Crippen LogP contribution is 2.18. The number of hydrogen-bond acceptors (Lipinski definition) is 1. The lowest BCUT2D eigenvalue weighted by Crippen LogP contribution is -1.85. The smallest absolute Gasteiger partial charge is 0.152 e. The van der Waals surface area contributed by atoms with Gasteiger partial charge < -0.3 is 0 Å². The van der Waals surface area contributed by atoms with Crippen molar-refractivity contribution in [1.29, 1.82) is 0 Å². The van der Waals surface area contributed by atoms with Crippen molar-refractivity contribution >= 4 is 17.2 Å². The van der Waals surface area contributed by atoms with E-state index in [9.17, 15) is 9.28 Å². The van der Waals surface area contributed by atoms with E-state index in [0.717, 1.165) is 5.39 Å². The lowest BCUT2D eigenvalue weighted by molar-refractivity contribution is 0.112. The highest BCUT2D eigenvalue weighted by molar-refractivity contribution is 5.96. The van der Waals surface area contributed by atoms with Crippen molar-refractivity contribution in [3.8, 4) is 0 Å². The number of fused-ring (bicyclic) bond motifs is 1. The molecule has 0 unspecified atom stereocenters. The molecule has 0 saturated heterocycles. The van der Waals surface area contributed by atoms with Crippen LogP contribution in [0.4, 0.5) is 4.48 Å². The molecule has 0 fully saturated rings. The van der Waals surface area contributed by atoms with E-state index in [1.165, 1.54) is 6.20 Å². The molecule has 0 aliphatic carbocycles. The highest BCUT2D eigenvalue weighted by atomic mass is 19.2. The van der Waals surface area contributed by atoms with E-state index in [2.05, 4.69) is 0 Å². The predicted octanol–water partition coefficient (Wildman–Crippen LogP) is 2.19. The number of aldehydes is 1. The molecular weight excluding hydrogens is 157 g/mol. The van der Waals surface area contributed by atoms with Crippen LogP contribution in [-0.2, 0) is 0 Å². The van der Waals surface area contributed by atoms with Crippen molar-refractivity contribution in [2.75, 3.05) is 0 Å². The normalized spacial score (nSPS) is 10.4. The molecule has 2 rings (SSSR count). The summed E-state index contributed by atoms with van der Waals surface area (Å²) in [6, 6.07) is 6.71. The maximum atomic E-state index is 13.0. The van der Waals surface area contributed by atoms with Crippen LogP contribution in [0.1, 0.15) is 10.4 Å². The summed E-state index contributed by atoms with van der Waals surface area (Å²) in [5.41, 5.74) is 0.715. The first-order valence-corrected chi connectivity index (χ1v) is 3.54. The number of para-hydroxylation sites is 1.